The van der Waals surface area contributed by atoms with Crippen molar-refractivity contribution in [1.82, 2.24) is 20.2 Å². The number of nitrogens with zero attached hydrogens (tertiary/aromatic N) is 3. The molecular weight excluding hydrogens is 426 g/mol. The number of aromatic nitrogens is 2. The third-order valence-corrected chi connectivity index (χ3v) is 6.42. The van der Waals surface area contributed by atoms with Crippen LogP contribution >= 0.6 is 0 Å². The van der Waals surface area contributed by atoms with E-state index in [0.29, 0.717) is 31.6 Å². The molecule has 7 heteroatoms. The van der Waals surface area contributed by atoms with Gasteiger partial charge < -0.3 is 15.0 Å². The van der Waals surface area contributed by atoms with E-state index in [0.717, 1.165) is 39.0 Å². The average molecular weight is 452 g/mol. The number of aromatic amines is 1. The van der Waals surface area contributed by atoms with E-state index < -0.39 is 0 Å². The Bertz CT molecular complexity index is 1370. The molecule has 1 aromatic heterocycles. The summed E-state index contributed by atoms with van der Waals surface area (Å²) in [6, 6.07) is 21.3. The quantitative estimate of drug-likeness (QED) is 0.466. The van der Waals surface area contributed by atoms with E-state index in [9.17, 15) is 4.79 Å². The summed E-state index contributed by atoms with van der Waals surface area (Å²) in [5.41, 5.74) is 4.69. The standard InChI is InChI=1S/C27H25N5O2/c1-34-26-11-10-20(21-4-2-3-5-22(21)26)15-32-16-24-23(30-17-31-24)12-25(32)27(33)29-14-19-8-6-18(13-28)7-9-19/h2-11,17,25H,12,14-16H2,1H3,(H,29,33)(H,30,31)/t25-/m0/s1. The second kappa shape index (κ2) is 9.38. The molecule has 1 atom stereocenters. The number of carbonyl (C=O) groups excluding carboxylic acids is 1. The van der Waals surface area contributed by atoms with E-state index in [2.05, 4.69) is 44.5 Å². The van der Waals surface area contributed by atoms with Crippen LogP contribution in [0.4, 0.5) is 0 Å². The minimum Gasteiger partial charge on any atom is -0.496 e. The van der Waals surface area contributed by atoms with Crippen LogP contribution in [0, 0.1) is 11.3 Å². The van der Waals surface area contributed by atoms with Gasteiger partial charge in [-0.2, -0.15) is 5.26 Å². The number of amides is 1. The molecule has 3 aromatic carbocycles. The summed E-state index contributed by atoms with van der Waals surface area (Å²) in [5, 5.41) is 14.2. The molecule has 34 heavy (non-hydrogen) atoms. The molecule has 0 unspecified atom stereocenters. The van der Waals surface area contributed by atoms with E-state index in [-0.39, 0.29) is 11.9 Å². The van der Waals surface area contributed by atoms with E-state index in [1.165, 1.54) is 0 Å². The highest BCUT2D eigenvalue weighted by Crippen LogP contribution is 2.31. The monoisotopic (exact) mass is 451 g/mol. The molecule has 1 aliphatic rings. The number of benzene rings is 3. The average Bonchev–Trinajstić information content (AvgIpc) is 3.35. The number of hydrogen-bond acceptors (Lipinski definition) is 5. The summed E-state index contributed by atoms with van der Waals surface area (Å²) in [4.78, 5) is 23.2. The van der Waals surface area contributed by atoms with Crippen molar-refractivity contribution in [1.29, 1.82) is 5.26 Å². The lowest BCUT2D eigenvalue weighted by Crippen LogP contribution is -2.49. The molecule has 0 fully saturated rings. The van der Waals surface area contributed by atoms with Crippen LogP contribution in [0.5, 0.6) is 5.75 Å². The molecule has 1 aliphatic heterocycles. The van der Waals surface area contributed by atoms with Gasteiger partial charge in [-0.25, -0.2) is 4.98 Å². The Hall–Kier alpha value is -4.15. The zero-order valence-corrected chi connectivity index (χ0v) is 18.9. The molecule has 0 spiro atoms. The lowest BCUT2D eigenvalue weighted by Gasteiger charge is -2.34. The maximum atomic E-state index is 13.3. The lowest BCUT2D eigenvalue weighted by molar-refractivity contribution is -0.127. The van der Waals surface area contributed by atoms with Gasteiger partial charge in [0.15, 0.2) is 0 Å². The highest BCUT2D eigenvalue weighted by molar-refractivity contribution is 5.91. The first kappa shape index (κ1) is 21.7. The van der Waals surface area contributed by atoms with Crippen molar-refractivity contribution in [2.45, 2.75) is 32.1 Å². The fraction of sp³-hybridized carbons (Fsp3) is 0.222. The van der Waals surface area contributed by atoms with Crippen LogP contribution in [-0.2, 0) is 30.8 Å². The Balaban J connectivity index is 1.39. The topological polar surface area (TPSA) is 94.0 Å². The van der Waals surface area contributed by atoms with E-state index in [1.54, 1.807) is 25.6 Å². The molecule has 0 aliphatic carbocycles. The van der Waals surface area contributed by atoms with E-state index in [1.807, 2.05) is 30.3 Å². The van der Waals surface area contributed by atoms with Crippen LogP contribution in [0.1, 0.15) is 28.1 Å². The molecule has 1 amide bonds. The minimum atomic E-state index is -0.338. The Kier molecular flexibility index (Phi) is 5.98. The molecule has 5 rings (SSSR count). The number of imidazole rings is 1. The summed E-state index contributed by atoms with van der Waals surface area (Å²) < 4.78 is 5.55. The number of ether oxygens (including phenoxy) is 1. The molecule has 2 N–H and O–H groups in total. The van der Waals surface area contributed by atoms with Crippen molar-refractivity contribution in [3.63, 3.8) is 0 Å². The van der Waals surface area contributed by atoms with E-state index >= 15 is 0 Å². The first-order valence-electron chi connectivity index (χ1n) is 11.2. The molecule has 0 saturated carbocycles. The predicted octanol–water partition coefficient (Wildman–Crippen LogP) is 3.69. The van der Waals surface area contributed by atoms with Gasteiger partial charge >= 0.3 is 0 Å². The molecule has 0 bridgehead atoms. The normalized spacial score (nSPS) is 15.5. The van der Waals surface area contributed by atoms with Gasteiger partial charge in [0.2, 0.25) is 5.91 Å². The van der Waals surface area contributed by atoms with Crippen LogP contribution in [0.3, 0.4) is 0 Å². The summed E-state index contributed by atoms with van der Waals surface area (Å²) in [7, 11) is 1.68. The van der Waals surface area contributed by atoms with Crippen molar-refractivity contribution in [3.05, 3.63) is 95.1 Å². The van der Waals surface area contributed by atoms with Gasteiger partial charge in [0.05, 0.1) is 42.5 Å². The maximum Gasteiger partial charge on any atom is 0.238 e. The minimum absolute atomic E-state index is 0.0316. The Morgan fingerprint density at radius 1 is 1.18 bits per heavy atom. The number of hydrogen-bond donors (Lipinski definition) is 2. The van der Waals surface area contributed by atoms with Gasteiger partial charge in [0.1, 0.15) is 5.75 Å². The van der Waals surface area contributed by atoms with Crippen molar-refractivity contribution in [3.8, 4) is 11.8 Å². The van der Waals surface area contributed by atoms with Crippen molar-refractivity contribution in [2.24, 2.45) is 0 Å². The number of H-pyrrole nitrogens is 1. The fourth-order valence-corrected chi connectivity index (χ4v) is 4.58. The Labute approximate surface area is 198 Å². The van der Waals surface area contributed by atoms with Crippen molar-refractivity contribution < 1.29 is 9.53 Å². The molecular formula is C27H25N5O2. The lowest BCUT2D eigenvalue weighted by atomic mass is 9.98. The zero-order valence-electron chi connectivity index (χ0n) is 18.9. The maximum absolute atomic E-state index is 13.3. The summed E-state index contributed by atoms with van der Waals surface area (Å²) in [6.45, 7) is 1.65. The van der Waals surface area contributed by atoms with Gasteiger partial charge in [-0.1, -0.05) is 42.5 Å². The van der Waals surface area contributed by atoms with Crippen LogP contribution in [0.25, 0.3) is 10.8 Å². The van der Waals surface area contributed by atoms with Crippen molar-refractivity contribution in [2.75, 3.05) is 7.11 Å². The zero-order chi connectivity index (χ0) is 23.5. The highest BCUT2D eigenvalue weighted by Gasteiger charge is 2.33. The molecule has 170 valence electrons. The third-order valence-electron chi connectivity index (χ3n) is 6.42. The third kappa shape index (κ3) is 4.24. The number of fused-ring (bicyclic) bond motifs is 2. The number of rotatable bonds is 6. The van der Waals surface area contributed by atoms with Gasteiger partial charge in [0.25, 0.3) is 0 Å². The fourth-order valence-electron chi connectivity index (χ4n) is 4.58. The SMILES string of the molecule is COc1ccc(CN2Cc3[nH]cnc3C[C@H]2C(=O)NCc2ccc(C#N)cc2)c2ccccc12. The second-order valence-electron chi connectivity index (χ2n) is 8.45. The number of nitriles is 1. The van der Waals surface area contributed by atoms with Crippen molar-refractivity contribution >= 4 is 16.7 Å². The van der Waals surface area contributed by atoms with Crippen LogP contribution in [-0.4, -0.2) is 33.9 Å². The first-order chi connectivity index (χ1) is 16.7. The second-order valence-corrected chi connectivity index (χ2v) is 8.45. The smallest absolute Gasteiger partial charge is 0.238 e. The summed E-state index contributed by atoms with van der Waals surface area (Å²) in [6.07, 6.45) is 2.24. The molecule has 2 heterocycles. The van der Waals surface area contributed by atoms with Crippen LogP contribution in [0.15, 0.2) is 67.0 Å². The molecule has 0 radical (unpaired) electrons. The largest absolute Gasteiger partial charge is 0.496 e. The molecule has 4 aromatic rings. The number of nitrogens with one attached hydrogen (secondary N) is 2. The predicted molar refractivity (Wildman–Crippen MR) is 129 cm³/mol. The first-order valence-corrected chi connectivity index (χ1v) is 11.2. The number of carbonyl (C=O) groups is 1. The van der Waals surface area contributed by atoms with Crippen LogP contribution < -0.4 is 10.1 Å². The number of methoxy groups -OCH3 is 1. The Morgan fingerprint density at radius 2 is 1.97 bits per heavy atom. The van der Waals surface area contributed by atoms with Gasteiger partial charge in [-0.3, -0.25) is 9.69 Å². The van der Waals surface area contributed by atoms with Gasteiger partial charge in [-0.05, 0) is 34.7 Å². The van der Waals surface area contributed by atoms with E-state index in [4.69, 9.17) is 10.00 Å². The molecule has 7 nitrogen and oxygen atoms in total. The van der Waals surface area contributed by atoms with Gasteiger partial charge in [0, 0.05) is 31.4 Å². The summed E-state index contributed by atoms with van der Waals surface area (Å²) >= 11 is 0. The van der Waals surface area contributed by atoms with Gasteiger partial charge in [-0.15, -0.1) is 0 Å². The summed E-state index contributed by atoms with van der Waals surface area (Å²) in [5.74, 6) is 0.807. The van der Waals surface area contributed by atoms with Crippen LogP contribution in [0.2, 0.25) is 0 Å². The highest BCUT2D eigenvalue weighted by atomic mass is 16.5. The molecule has 0 saturated heterocycles. The Morgan fingerprint density at radius 3 is 2.74 bits per heavy atom.